The standard InChI is InChI=1S/C13H18N2O3S/c14-19(17,18)12-9-5-4-8-11(12)13(16)15-10-6-2-1-3-7-10/h4-5,8-10H,1-3,6-7H2,(H,15,16)(H2,14,17,18). The fourth-order valence-corrected chi connectivity index (χ4v) is 3.15. The van der Waals surface area contributed by atoms with Gasteiger partial charge in [-0.1, -0.05) is 31.4 Å². The van der Waals surface area contributed by atoms with E-state index in [1.807, 2.05) is 0 Å². The Labute approximate surface area is 113 Å². The van der Waals surface area contributed by atoms with Crippen LogP contribution >= 0.6 is 0 Å². The summed E-state index contributed by atoms with van der Waals surface area (Å²) in [7, 11) is -3.88. The number of carbonyl (C=O) groups excluding carboxylic acids is 1. The molecule has 1 aliphatic carbocycles. The summed E-state index contributed by atoms with van der Waals surface area (Å²) in [4.78, 5) is 12.0. The number of amides is 1. The Morgan fingerprint density at radius 2 is 1.79 bits per heavy atom. The van der Waals surface area contributed by atoms with Crippen LogP contribution in [0.15, 0.2) is 29.2 Å². The number of hydrogen-bond acceptors (Lipinski definition) is 3. The highest BCUT2D eigenvalue weighted by molar-refractivity contribution is 7.89. The highest BCUT2D eigenvalue weighted by Crippen LogP contribution is 2.19. The second-order valence-electron chi connectivity index (χ2n) is 4.85. The number of hydrogen-bond donors (Lipinski definition) is 2. The number of benzene rings is 1. The van der Waals surface area contributed by atoms with Gasteiger partial charge in [0.1, 0.15) is 0 Å². The summed E-state index contributed by atoms with van der Waals surface area (Å²) >= 11 is 0. The molecule has 2 rings (SSSR count). The molecule has 3 N–H and O–H groups in total. The summed E-state index contributed by atoms with van der Waals surface area (Å²) < 4.78 is 22.9. The number of sulfonamides is 1. The monoisotopic (exact) mass is 282 g/mol. The van der Waals surface area contributed by atoms with Crippen molar-refractivity contribution in [2.75, 3.05) is 0 Å². The van der Waals surface area contributed by atoms with Crippen LogP contribution in [0.5, 0.6) is 0 Å². The summed E-state index contributed by atoms with van der Waals surface area (Å²) in [5.74, 6) is -0.364. The SMILES string of the molecule is NS(=O)(=O)c1ccccc1C(=O)NC1CCCCC1. The van der Waals surface area contributed by atoms with Crippen LogP contribution in [0.25, 0.3) is 0 Å². The van der Waals surface area contributed by atoms with Crippen molar-refractivity contribution in [2.45, 2.75) is 43.0 Å². The maximum atomic E-state index is 12.1. The average Bonchev–Trinajstić information content (AvgIpc) is 2.39. The topological polar surface area (TPSA) is 89.3 Å². The maximum absolute atomic E-state index is 12.1. The molecule has 1 saturated carbocycles. The van der Waals surface area contributed by atoms with Gasteiger partial charge in [0, 0.05) is 6.04 Å². The zero-order chi connectivity index (χ0) is 13.9. The molecular formula is C13H18N2O3S. The molecule has 5 nitrogen and oxygen atoms in total. The maximum Gasteiger partial charge on any atom is 0.252 e. The molecule has 1 aromatic carbocycles. The van der Waals surface area contributed by atoms with E-state index in [0.29, 0.717) is 0 Å². The van der Waals surface area contributed by atoms with E-state index in [1.54, 1.807) is 12.1 Å². The van der Waals surface area contributed by atoms with Crippen molar-refractivity contribution in [2.24, 2.45) is 5.14 Å². The first-order valence-corrected chi connectivity index (χ1v) is 7.96. The fraction of sp³-hybridized carbons (Fsp3) is 0.462. The Hall–Kier alpha value is -1.40. The third kappa shape index (κ3) is 3.54. The molecule has 1 aromatic rings. The smallest absolute Gasteiger partial charge is 0.252 e. The quantitative estimate of drug-likeness (QED) is 0.878. The Morgan fingerprint density at radius 1 is 1.16 bits per heavy atom. The van der Waals surface area contributed by atoms with Gasteiger partial charge in [0.25, 0.3) is 5.91 Å². The Bertz CT molecular complexity index is 563. The number of carbonyl (C=O) groups is 1. The third-order valence-corrected chi connectivity index (χ3v) is 4.35. The summed E-state index contributed by atoms with van der Waals surface area (Å²) in [6.45, 7) is 0. The molecule has 0 heterocycles. The van der Waals surface area contributed by atoms with Crippen molar-refractivity contribution in [3.63, 3.8) is 0 Å². The van der Waals surface area contributed by atoms with E-state index in [4.69, 9.17) is 5.14 Å². The molecule has 0 atom stereocenters. The number of primary sulfonamides is 1. The first-order valence-electron chi connectivity index (χ1n) is 6.41. The van der Waals surface area contributed by atoms with Crippen molar-refractivity contribution in [1.29, 1.82) is 0 Å². The lowest BCUT2D eigenvalue weighted by Gasteiger charge is -2.23. The zero-order valence-corrected chi connectivity index (χ0v) is 11.4. The summed E-state index contributed by atoms with van der Waals surface area (Å²) in [5, 5.41) is 8.01. The molecule has 0 spiro atoms. The lowest BCUT2D eigenvalue weighted by Crippen LogP contribution is -2.37. The molecule has 0 saturated heterocycles. The van der Waals surface area contributed by atoms with Crippen molar-refractivity contribution in [3.8, 4) is 0 Å². The van der Waals surface area contributed by atoms with Gasteiger partial charge in [-0.3, -0.25) is 4.79 Å². The predicted molar refractivity (Wildman–Crippen MR) is 72.2 cm³/mol. The Kier molecular flexibility index (Phi) is 4.21. The number of nitrogens with one attached hydrogen (secondary N) is 1. The number of rotatable bonds is 3. The van der Waals surface area contributed by atoms with E-state index >= 15 is 0 Å². The summed E-state index contributed by atoms with van der Waals surface area (Å²) in [6, 6.07) is 6.15. The Morgan fingerprint density at radius 3 is 2.42 bits per heavy atom. The van der Waals surface area contributed by atoms with Crippen LogP contribution in [0.3, 0.4) is 0 Å². The molecule has 104 valence electrons. The van der Waals surface area contributed by atoms with Crippen LogP contribution in [0.1, 0.15) is 42.5 Å². The summed E-state index contributed by atoms with van der Waals surface area (Å²) in [6.07, 6.45) is 5.29. The van der Waals surface area contributed by atoms with Gasteiger partial charge in [-0.05, 0) is 25.0 Å². The van der Waals surface area contributed by atoms with Crippen LogP contribution < -0.4 is 10.5 Å². The minimum atomic E-state index is -3.88. The van der Waals surface area contributed by atoms with Gasteiger partial charge in [-0.25, -0.2) is 13.6 Å². The minimum absolute atomic E-state index is 0.121. The van der Waals surface area contributed by atoms with Crippen molar-refractivity contribution in [3.05, 3.63) is 29.8 Å². The van der Waals surface area contributed by atoms with E-state index < -0.39 is 10.0 Å². The van der Waals surface area contributed by atoms with E-state index in [0.717, 1.165) is 25.7 Å². The van der Waals surface area contributed by atoms with E-state index in [-0.39, 0.29) is 22.4 Å². The van der Waals surface area contributed by atoms with Crippen LogP contribution in [-0.2, 0) is 10.0 Å². The average molecular weight is 282 g/mol. The Balaban J connectivity index is 2.19. The van der Waals surface area contributed by atoms with Gasteiger partial charge < -0.3 is 5.32 Å². The van der Waals surface area contributed by atoms with Gasteiger partial charge in [0.2, 0.25) is 10.0 Å². The summed E-state index contributed by atoms with van der Waals surface area (Å²) in [5.41, 5.74) is 0.121. The highest BCUT2D eigenvalue weighted by Gasteiger charge is 2.21. The molecule has 1 fully saturated rings. The molecule has 6 heteroatoms. The predicted octanol–water partition coefficient (Wildman–Crippen LogP) is 1.40. The first-order chi connectivity index (χ1) is 8.98. The number of nitrogens with two attached hydrogens (primary N) is 1. The molecule has 0 aliphatic heterocycles. The van der Waals surface area contributed by atoms with Crippen molar-refractivity contribution in [1.82, 2.24) is 5.32 Å². The van der Waals surface area contributed by atoms with Gasteiger partial charge in [-0.2, -0.15) is 0 Å². The van der Waals surface area contributed by atoms with Crippen molar-refractivity contribution >= 4 is 15.9 Å². The molecule has 1 amide bonds. The van der Waals surface area contributed by atoms with Gasteiger partial charge in [0.05, 0.1) is 10.5 Å². The van der Waals surface area contributed by atoms with Crippen LogP contribution in [-0.4, -0.2) is 20.4 Å². The van der Waals surface area contributed by atoms with Gasteiger partial charge in [-0.15, -0.1) is 0 Å². The molecule has 0 bridgehead atoms. The molecule has 1 aliphatic rings. The first kappa shape index (κ1) is 14.0. The van der Waals surface area contributed by atoms with E-state index in [9.17, 15) is 13.2 Å². The van der Waals surface area contributed by atoms with Crippen molar-refractivity contribution < 1.29 is 13.2 Å². The lowest BCUT2D eigenvalue weighted by atomic mass is 9.95. The lowest BCUT2D eigenvalue weighted by molar-refractivity contribution is 0.0924. The van der Waals surface area contributed by atoms with Gasteiger partial charge >= 0.3 is 0 Å². The second kappa shape index (κ2) is 5.71. The van der Waals surface area contributed by atoms with Gasteiger partial charge in [0.15, 0.2) is 0 Å². The molecule has 0 radical (unpaired) electrons. The van der Waals surface area contributed by atoms with Crippen LogP contribution in [0, 0.1) is 0 Å². The highest BCUT2D eigenvalue weighted by atomic mass is 32.2. The fourth-order valence-electron chi connectivity index (χ4n) is 2.41. The van der Waals surface area contributed by atoms with E-state index in [2.05, 4.69) is 5.32 Å². The minimum Gasteiger partial charge on any atom is -0.349 e. The molecule has 0 unspecified atom stereocenters. The molecule has 0 aromatic heterocycles. The molecule has 19 heavy (non-hydrogen) atoms. The zero-order valence-electron chi connectivity index (χ0n) is 10.6. The largest absolute Gasteiger partial charge is 0.349 e. The van der Waals surface area contributed by atoms with Crippen LogP contribution in [0.4, 0.5) is 0 Å². The normalized spacial score (nSPS) is 17.1. The van der Waals surface area contributed by atoms with Crippen LogP contribution in [0.2, 0.25) is 0 Å². The third-order valence-electron chi connectivity index (χ3n) is 3.38. The van der Waals surface area contributed by atoms with E-state index in [1.165, 1.54) is 18.6 Å². The second-order valence-corrected chi connectivity index (χ2v) is 6.38. The molecular weight excluding hydrogens is 264 g/mol.